The number of carbonyl (C=O) groups excluding carboxylic acids is 1. The van der Waals surface area contributed by atoms with Gasteiger partial charge in [0.05, 0.1) is 6.54 Å². The Balaban J connectivity index is 1.66. The van der Waals surface area contributed by atoms with Gasteiger partial charge in [-0.3, -0.25) is 4.79 Å². The van der Waals surface area contributed by atoms with Gasteiger partial charge in [-0.15, -0.1) is 0 Å². The van der Waals surface area contributed by atoms with Crippen molar-refractivity contribution >= 4 is 6.09 Å². The molecule has 1 fully saturated rings. The predicted octanol–water partition coefficient (Wildman–Crippen LogP) is 2.06. The highest BCUT2D eigenvalue weighted by molar-refractivity contribution is 5.68. The predicted molar refractivity (Wildman–Crippen MR) is 102 cm³/mol. The molecule has 0 aliphatic carbocycles. The maximum absolute atomic E-state index is 13.0. The zero-order valence-electron chi connectivity index (χ0n) is 15.7. The summed E-state index contributed by atoms with van der Waals surface area (Å²) in [5.41, 5.74) is 0.384. The molecule has 1 amide bonds. The van der Waals surface area contributed by atoms with Gasteiger partial charge in [0.15, 0.2) is 5.75 Å². The van der Waals surface area contributed by atoms with E-state index >= 15 is 0 Å². The number of rotatable bonds is 5. The van der Waals surface area contributed by atoms with Crippen molar-refractivity contribution in [3.05, 3.63) is 63.8 Å². The van der Waals surface area contributed by atoms with Gasteiger partial charge >= 0.3 is 6.09 Å². The van der Waals surface area contributed by atoms with Crippen molar-refractivity contribution in [1.82, 2.24) is 14.8 Å². The van der Waals surface area contributed by atoms with Crippen molar-refractivity contribution in [3.8, 4) is 5.75 Å². The number of nitrogens with one attached hydrogen (secondary N) is 1. The summed E-state index contributed by atoms with van der Waals surface area (Å²) in [6, 6.07) is 7.39. The van der Waals surface area contributed by atoms with E-state index in [0.29, 0.717) is 13.1 Å². The maximum Gasteiger partial charge on any atom is 0.410 e. The Morgan fingerprint density at radius 1 is 1.32 bits per heavy atom. The Kier molecular flexibility index (Phi) is 6.30. The molecule has 7 nitrogen and oxygen atoms in total. The van der Waals surface area contributed by atoms with Gasteiger partial charge in [-0.2, -0.15) is 0 Å². The van der Waals surface area contributed by atoms with E-state index < -0.39 is 17.4 Å². The van der Waals surface area contributed by atoms with Crippen molar-refractivity contribution in [2.45, 2.75) is 32.5 Å². The van der Waals surface area contributed by atoms with E-state index in [4.69, 9.17) is 4.74 Å². The van der Waals surface area contributed by atoms with Crippen LogP contribution >= 0.6 is 0 Å². The summed E-state index contributed by atoms with van der Waals surface area (Å²) in [6.07, 6.45) is 1.88. The van der Waals surface area contributed by atoms with Crippen LogP contribution in [0.3, 0.4) is 0 Å². The smallest absolute Gasteiger partial charge is 0.410 e. The molecular formula is C20H24FN3O4. The molecule has 3 rings (SSSR count). The van der Waals surface area contributed by atoms with Crippen LogP contribution in [0, 0.1) is 5.82 Å². The molecule has 1 aromatic heterocycles. The van der Waals surface area contributed by atoms with Crippen LogP contribution in [0.2, 0.25) is 0 Å². The highest BCUT2D eigenvalue weighted by atomic mass is 19.1. The van der Waals surface area contributed by atoms with Gasteiger partial charge < -0.3 is 24.6 Å². The highest BCUT2D eigenvalue weighted by Crippen LogP contribution is 2.15. The van der Waals surface area contributed by atoms with Gasteiger partial charge in [-0.05, 0) is 30.2 Å². The Labute approximate surface area is 162 Å². The first-order valence-corrected chi connectivity index (χ1v) is 9.29. The van der Waals surface area contributed by atoms with E-state index in [2.05, 4.69) is 5.32 Å². The third-order valence-electron chi connectivity index (χ3n) is 4.90. The van der Waals surface area contributed by atoms with E-state index in [1.807, 2.05) is 6.92 Å². The molecule has 150 valence electrons. The zero-order chi connectivity index (χ0) is 20.1. The number of nitrogens with zero attached hydrogens (tertiary/aromatic N) is 2. The number of amides is 1. The topological polar surface area (TPSA) is 83.8 Å². The Morgan fingerprint density at radius 2 is 2.07 bits per heavy atom. The van der Waals surface area contributed by atoms with Gasteiger partial charge in [0.25, 0.3) is 5.56 Å². The molecule has 2 heterocycles. The normalized spacial score (nSPS) is 16.8. The van der Waals surface area contributed by atoms with Crippen LogP contribution in [0.4, 0.5) is 9.18 Å². The number of benzene rings is 1. The number of ether oxygens (including phenoxy) is 1. The number of aromatic hydroxyl groups is 1. The fraction of sp³-hybridized carbons (Fsp3) is 0.400. The molecule has 1 saturated heterocycles. The van der Waals surface area contributed by atoms with Crippen LogP contribution in [0.1, 0.15) is 24.5 Å². The van der Waals surface area contributed by atoms with Crippen molar-refractivity contribution in [2.75, 3.05) is 19.6 Å². The molecule has 0 spiro atoms. The summed E-state index contributed by atoms with van der Waals surface area (Å²) in [4.78, 5) is 26.4. The maximum atomic E-state index is 13.0. The standard InChI is InChI=1S/C20H24FN3O4/c1-2-17-11-22-8-10-24(17)20(27)28-13-15-7-9-23(19(26)18(15)25)12-14-3-5-16(21)6-4-14/h3-7,9,17,22,25H,2,8,10-13H2,1H3. The summed E-state index contributed by atoms with van der Waals surface area (Å²) in [5.74, 6) is -0.810. The molecule has 0 radical (unpaired) electrons. The number of aromatic nitrogens is 1. The minimum absolute atomic E-state index is 0.0681. The molecule has 2 N–H and O–H groups in total. The first-order valence-electron chi connectivity index (χ1n) is 9.29. The van der Waals surface area contributed by atoms with E-state index in [9.17, 15) is 19.1 Å². The largest absolute Gasteiger partial charge is 0.503 e. The van der Waals surface area contributed by atoms with E-state index in [1.54, 1.807) is 23.1 Å². The average Bonchev–Trinajstić information content (AvgIpc) is 2.72. The van der Waals surface area contributed by atoms with E-state index in [1.165, 1.54) is 22.9 Å². The first-order chi connectivity index (χ1) is 13.5. The summed E-state index contributed by atoms with van der Waals surface area (Å²) in [7, 11) is 0. The molecule has 28 heavy (non-hydrogen) atoms. The van der Waals surface area contributed by atoms with Crippen molar-refractivity contribution in [3.63, 3.8) is 0 Å². The van der Waals surface area contributed by atoms with Crippen LogP contribution in [-0.4, -0.2) is 46.3 Å². The average molecular weight is 389 g/mol. The summed E-state index contributed by atoms with van der Waals surface area (Å²) in [6.45, 7) is 4.00. The minimum atomic E-state index is -0.591. The molecule has 0 bridgehead atoms. The number of carbonyl (C=O) groups is 1. The lowest BCUT2D eigenvalue weighted by molar-refractivity contribution is 0.0708. The fourth-order valence-electron chi connectivity index (χ4n) is 3.22. The number of halogens is 1. The second kappa shape index (κ2) is 8.88. The van der Waals surface area contributed by atoms with Crippen LogP contribution in [0.15, 0.2) is 41.3 Å². The molecule has 1 unspecified atom stereocenters. The highest BCUT2D eigenvalue weighted by Gasteiger charge is 2.26. The fourth-order valence-corrected chi connectivity index (χ4v) is 3.22. The quantitative estimate of drug-likeness (QED) is 0.818. The van der Waals surface area contributed by atoms with Crippen molar-refractivity contribution in [1.29, 1.82) is 0 Å². The minimum Gasteiger partial charge on any atom is -0.503 e. The first kappa shape index (κ1) is 19.9. The molecule has 1 atom stereocenters. The second-order valence-electron chi connectivity index (χ2n) is 6.76. The van der Waals surface area contributed by atoms with Crippen LogP contribution < -0.4 is 10.9 Å². The van der Waals surface area contributed by atoms with Gasteiger partial charge in [0.2, 0.25) is 0 Å². The lowest BCUT2D eigenvalue weighted by atomic mass is 10.1. The molecular weight excluding hydrogens is 365 g/mol. The number of hydrogen-bond acceptors (Lipinski definition) is 5. The van der Waals surface area contributed by atoms with Crippen LogP contribution in [-0.2, 0) is 17.9 Å². The summed E-state index contributed by atoms with van der Waals surface area (Å²) >= 11 is 0. The van der Waals surface area contributed by atoms with E-state index in [0.717, 1.165) is 18.5 Å². The zero-order valence-corrected chi connectivity index (χ0v) is 15.7. The van der Waals surface area contributed by atoms with Crippen molar-refractivity contribution < 1.29 is 19.0 Å². The molecule has 8 heteroatoms. The monoisotopic (exact) mass is 389 g/mol. The SMILES string of the molecule is CCC1CNCCN1C(=O)OCc1ccn(Cc2ccc(F)cc2)c(=O)c1O. The third kappa shape index (κ3) is 4.51. The number of pyridine rings is 1. The molecule has 1 aliphatic rings. The lowest BCUT2D eigenvalue weighted by Gasteiger charge is -2.34. The van der Waals surface area contributed by atoms with Crippen LogP contribution in [0.25, 0.3) is 0 Å². The number of piperazine rings is 1. The second-order valence-corrected chi connectivity index (χ2v) is 6.76. The molecule has 1 aliphatic heterocycles. The van der Waals surface area contributed by atoms with Gasteiger partial charge in [-0.25, -0.2) is 9.18 Å². The molecule has 2 aromatic rings. The van der Waals surface area contributed by atoms with Crippen LogP contribution in [0.5, 0.6) is 5.75 Å². The lowest BCUT2D eigenvalue weighted by Crippen LogP contribution is -2.53. The van der Waals surface area contributed by atoms with Crippen molar-refractivity contribution in [2.24, 2.45) is 0 Å². The van der Waals surface area contributed by atoms with E-state index in [-0.39, 0.29) is 30.6 Å². The molecule has 1 aromatic carbocycles. The summed E-state index contributed by atoms with van der Waals surface area (Å²) < 4.78 is 19.6. The van der Waals surface area contributed by atoms with Gasteiger partial charge in [-0.1, -0.05) is 19.1 Å². The number of hydrogen-bond donors (Lipinski definition) is 2. The Morgan fingerprint density at radius 3 is 2.79 bits per heavy atom. The Hall–Kier alpha value is -2.87. The summed E-state index contributed by atoms with van der Waals surface area (Å²) in [5, 5.41) is 13.4. The molecule has 0 saturated carbocycles. The van der Waals surface area contributed by atoms with Gasteiger partial charge in [0, 0.05) is 37.4 Å². The van der Waals surface area contributed by atoms with Gasteiger partial charge in [0.1, 0.15) is 12.4 Å². The third-order valence-corrected chi connectivity index (χ3v) is 4.90. The Bertz CT molecular complexity index is 882.